The minimum absolute atomic E-state index is 0.265. The van der Waals surface area contributed by atoms with Crippen LogP contribution in [0.3, 0.4) is 0 Å². The van der Waals surface area contributed by atoms with Crippen LogP contribution < -0.4 is 9.64 Å². The smallest absolute Gasteiger partial charge is 0.129 e. The lowest BCUT2D eigenvalue weighted by atomic mass is 10.1. The maximum absolute atomic E-state index is 6.39. The second-order valence-electron chi connectivity index (χ2n) is 6.70. The molecular weight excluding hydrogens is 326 g/mol. The molecule has 1 fully saturated rings. The summed E-state index contributed by atoms with van der Waals surface area (Å²) in [7, 11) is 1.73. The lowest BCUT2D eigenvalue weighted by molar-refractivity contribution is 0.173. The predicted octanol–water partition coefficient (Wildman–Crippen LogP) is 3.73. The topological polar surface area (TPSA) is 39.5 Å². The van der Waals surface area contributed by atoms with E-state index in [9.17, 15) is 0 Å². The van der Waals surface area contributed by atoms with Gasteiger partial charge in [0.2, 0.25) is 0 Å². The maximum Gasteiger partial charge on any atom is 0.129 e. The van der Waals surface area contributed by atoms with E-state index < -0.39 is 0 Å². The molecule has 1 saturated heterocycles. The van der Waals surface area contributed by atoms with Crippen molar-refractivity contribution < 1.29 is 9.47 Å². The average molecular weight is 351 g/mol. The van der Waals surface area contributed by atoms with Crippen LogP contribution in [0.4, 0.5) is 5.69 Å². The van der Waals surface area contributed by atoms with Gasteiger partial charge in [-0.1, -0.05) is 6.07 Å². The first-order chi connectivity index (χ1) is 12.8. The fourth-order valence-electron chi connectivity index (χ4n) is 3.65. The van der Waals surface area contributed by atoms with Crippen molar-refractivity contribution >= 4 is 16.6 Å². The van der Waals surface area contributed by atoms with Crippen LogP contribution in [-0.2, 0) is 11.3 Å². The molecule has 1 aromatic carbocycles. The van der Waals surface area contributed by atoms with Crippen LogP contribution in [0.5, 0.6) is 5.75 Å². The average Bonchev–Trinajstić information content (AvgIpc) is 3.12. The quantitative estimate of drug-likeness (QED) is 0.678. The summed E-state index contributed by atoms with van der Waals surface area (Å²) in [4.78, 5) is 6.51. The molecule has 0 saturated carbocycles. The van der Waals surface area contributed by atoms with Crippen LogP contribution in [0.25, 0.3) is 10.9 Å². The molecular formula is C21H25N3O2. The zero-order valence-corrected chi connectivity index (χ0v) is 15.2. The molecule has 3 heterocycles. The van der Waals surface area contributed by atoms with Gasteiger partial charge in [0, 0.05) is 69.2 Å². The van der Waals surface area contributed by atoms with E-state index in [1.807, 2.05) is 12.4 Å². The van der Waals surface area contributed by atoms with Crippen LogP contribution in [0, 0.1) is 0 Å². The first kappa shape index (κ1) is 16.9. The van der Waals surface area contributed by atoms with Gasteiger partial charge < -0.3 is 18.9 Å². The van der Waals surface area contributed by atoms with Gasteiger partial charge in [-0.15, -0.1) is 0 Å². The highest BCUT2D eigenvalue weighted by molar-refractivity contribution is 5.86. The Hall–Kier alpha value is -2.53. The number of hydrogen-bond acceptors (Lipinski definition) is 4. The van der Waals surface area contributed by atoms with Gasteiger partial charge in [0.1, 0.15) is 11.9 Å². The molecule has 5 heteroatoms. The third kappa shape index (κ3) is 3.53. The summed E-state index contributed by atoms with van der Waals surface area (Å²) >= 11 is 0. The summed E-state index contributed by atoms with van der Waals surface area (Å²) in [6.07, 6.45) is 8.15. The summed E-state index contributed by atoms with van der Waals surface area (Å²) in [5.41, 5.74) is 2.45. The van der Waals surface area contributed by atoms with Gasteiger partial charge in [-0.05, 0) is 30.3 Å². The van der Waals surface area contributed by atoms with E-state index in [-0.39, 0.29) is 6.10 Å². The number of piperidine rings is 1. The highest BCUT2D eigenvalue weighted by Crippen LogP contribution is 2.29. The van der Waals surface area contributed by atoms with Gasteiger partial charge in [-0.3, -0.25) is 4.98 Å². The minimum Gasteiger partial charge on any atom is -0.490 e. The molecule has 0 atom stereocenters. The van der Waals surface area contributed by atoms with E-state index in [0.29, 0.717) is 6.61 Å². The normalized spacial score (nSPS) is 15.5. The van der Waals surface area contributed by atoms with E-state index in [1.165, 1.54) is 16.6 Å². The van der Waals surface area contributed by atoms with Crippen molar-refractivity contribution in [1.82, 2.24) is 9.55 Å². The Kier molecular flexibility index (Phi) is 5.07. The molecule has 3 aromatic rings. The van der Waals surface area contributed by atoms with Gasteiger partial charge in [0.05, 0.1) is 12.1 Å². The molecule has 4 rings (SSSR count). The predicted molar refractivity (Wildman–Crippen MR) is 104 cm³/mol. The van der Waals surface area contributed by atoms with Crippen LogP contribution in [0.2, 0.25) is 0 Å². The van der Waals surface area contributed by atoms with Crippen molar-refractivity contribution in [3.63, 3.8) is 0 Å². The van der Waals surface area contributed by atoms with E-state index in [4.69, 9.17) is 9.47 Å². The molecule has 5 nitrogen and oxygen atoms in total. The summed E-state index contributed by atoms with van der Waals surface area (Å²) < 4.78 is 13.8. The summed E-state index contributed by atoms with van der Waals surface area (Å²) in [6, 6.07) is 12.6. The second-order valence-corrected chi connectivity index (χ2v) is 6.70. The molecule has 0 radical (unpaired) electrons. The molecule has 26 heavy (non-hydrogen) atoms. The third-order valence-electron chi connectivity index (χ3n) is 5.07. The monoisotopic (exact) mass is 351 g/mol. The van der Waals surface area contributed by atoms with E-state index in [0.717, 1.165) is 38.2 Å². The standard InChI is InChI=1S/C21H25N3O2/c1-25-16-15-24-14-9-19-20(24)3-2-4-21(19)26-18-7-12-23(13-8-18)17-5-10-22-11-6-17/h2-6,9-11,14,18H,7-8,12-13,15-16H2,1H3. The molecule has 0 unspecified atom stereocenters. The molecule has 136 valence electrons. The van der Waals surface area contributed by atoms with Crippen molar-refractivity contribution in [3.05, 3.63) is 55.0 Å². The molecule has 0 amide bonds. The van der Waals surface area contributed by atoms with E-state index in [1.54, 1.807) is 7.11 Å². The summed E-state index contributed by atoms with van der Waals surface area (Å²) in [5, 5.41) is 1.18. The van der Waals surface area contributed by atoms with Gasteiger partial charge in [0.25, 0.3) is 0 Å². The van der Waals surface area contributed by atoms with Gasteiger partial charge in [-0.25, -0.2) is 0 Å². The SMILES string of the molecule is COCCn1ccc2c(OC3CCN(c4ccncc4)CC3)cccc21. The highest BCUT2D eigenvalue weighted by Gasteiger charge is 2.21. The molecule has 0 spiro atoms. The fraction of sp³-hybridized carbons (Fsp3) is 0.381. The van der Waals surface area contributed by atoms with E-state index >= 15 is 0 Å². The molecule has 2 aromatic heterocycles. The number of aromatic nitrogens is 2. The molecule has 0 bridgehead atoms. The molecule has 1 aliphatic heterocycles. The van der Waals surface area contributed by atoms with Crippen LogP contribution in [0.1, 0.15) is 12.8 Å². The molecule has 0 aliphatic carbocycles. The number of rotatable bonds is 6. The van der Waals surface area contributed by atoms with Crippen molar-refractivity contribution in [1.29, 1.82) is 0 Å². The number of methoxy groups -OCH3 is 1. The number of fused-ring (bicyclic) bond motifs is 1. The third-order valence-corrected chi connectivity index (χ3v) is 5.07. The fourth-order valence-corrected chi connectivity index (χ4v) is 3.65. The Balaban J connectivity index is 1.43. The Labute approximate surface area is 154 Å². The van der Waals surface area contributed by atoms with Crippen molar-refractivity contribution in [3.8, 4) is 5.75 Å². The number of pyridine rings is 1. The summed E-state index contributed by atoms with van der Waals surface area (Å²) in [5.74, 6) is 0.987. The Morgan fingerprint density at radius 2 is 1.88 bits per heavy atom. The molecule has 1 aliphatic rings. The first-order valence-corrected chi connectivity index (χ1v) is 9.23. The van der Waals surface area contributed by atoms with Gasteiger partial charge >= 0.3 is 0 Å². The number of anilines is 1. The second kappa shape index (κ2) is 7.79. The van der Waals surface area contributed by atoms with E-state index in [2.05, 4.69) is 57.0 Å². The Bertz CT molecular complexity index is 839. The summed E-state index contributed by atoms with van der Waals surface area (Å²) in [6.45, 7) is 3.59. The van der Waals surface area contributed by atoms with Crippen LogP contribution in [-0.4, -0.2) is 42.5 Å². The van der Waals surface area contributed by atoms with Crippen molar-refractivity contribution in [2.75, 3.05) is 31.7 Å². The zero-order chi connectivity index (χ0) is 17.8. The Morgan fingerprint density at radius 3 is 2.65 bits per heavy atom. The highest BCUT2D eigenvalue weighted by atomic mass is 16.5. The lowest BCUT2D eigenvalue weighted by Crippen LogP contribution is -2.38. The van der Waals surface area contributed by atoms with Crippen molar-refractivity contribution in [2.45, 2.75) is 25.5 Å². The van der Waals surface area contributed by atoms with Crippen LogP contribution in [0.15, 0.2) is 55.0 Å². The first-order valence-electron chi connectivity index (χ1n) is 9.23. The van der Waals surface area contributed by atoms with Gasteiger partial charge in [-0.2, -0.15) is 0 Å². The van der Waals surface area contributed by atoms with Crippen LogP contribution >= 0.6 is 0 Å². The zero-order valence-electron chi connectivity index (χ0n) is 15.2. The maximum atomic E-state index is 6.39. The largest absolute Gasteiger partial charge is 0.490 e. The number of ether oxygens (including phenoxy) is 2. The molecule has 0 N–H and O–H groups in total. The number of benzene rings is 1. The Morgan fingerprint density at radius 1 is 1.08 bits per heavy atom. The lowest BCUT2D eigenvalue weighted by Gasteiger charge is -2.33. The number of nitrogens with zero attached hydrogens (tertiary/aromatic N) is 3. The van der Waals surface area contributed by atoms with Crippen molar-refractivity contribution in [2.24, 2.45) is 0 Å². The minimum atomic E-state index is 0.265. The number of hydrogen-bond donors (Lipinski definition) is 0. The van der Waals surface area contributed by atoms with Gasteiger partial charge in [0.15, 0.2) is 0 Å².